The van der Waals surface area contributed by atoms with Crippen LogP contribution in [-0.2, 0) is 0 Å². The molecular weight excluding hydrogens is 332 g/mol. The van der Waals surface area contributed by atoms with E-state index in [4.69, 9.17) is 5.26 Å². The standard InChI is InChI=1S/C19H12N4O3/c20-13-15-6-4-14(5-7-15)8-9-17-10-11-21-19(22(17)24)16-2-1-3-18(12-16)23(25)26/h1-12H/b9-8+. The molecule has 2 aromatic carbocycles. The number of benzene rings is 2. The summed E-state index contributed by atoms with van der Waals surface area (Å²) < 4.78 is 0.624. The summed E-state index contributed by atoms with van der Waals surface area (Å²) in [4.78, 5) is 14.4. The van der Waals surface area contributed by atoms with Crippen LogP contribution in [0.1, 0.15) is 16.8 Å². The van der Waals surface area contributed by atoms with Gasteiger partial charge in [-0.2, -0.15) is 5.26 Å². The molecule has 0 aliphatic carbocycles. The van der Waals surface area contributed by atoms with E-state index in [1.807, 2.05) is 6.07 Å². The van der Waals surface area contributed by atoms with Gasteiger partial charge in [-0.3, -0.25) is 10.1 Å². The van der Waals surface area contributed by atoms with E-state index in [0.29, 0.717) is 21.6 Å². The average molecular weight is 344 g/mol. The fraction of sp³-hybridized carbons (Fsp3) is 0. The average Bonchev–Trinajstić information content (AvgIpc) is 2.67. The third kappa shape index (κ3) is 3.55. The highest BCUT2D eigenvalue weighted by Crippen LogP contribution is 2.20. The molecule has 3 rings (SSSR count). The molecule has 0 bridgehead atoms. The van der Waals surface area contributed by atoms with Crippen molar-refractivity contribution in [1.82, 2.24) is 4.98 Å². The molecule has 0 amide bonds. The lowest BCUT2D eigenvalue weighted by molar-refractivity contribution is -0.598. The minimum Gasteiger partial charge on any atom is -0.710 e. The lowest BCUT2D eigenvalue weighted by Gasteiger charge is -2.09. The molecule has 0 aliphatic rings. The first-order valence-electron chi connectivity index (χ1n) is 7.60. The fourth-order valence-electron chi connectivity index (χ4n) is 2.35. The van der Waals surface area contributed by atoms with Crippen molar-refractivity contribution < 1.29 is 9.65 Å². The summed E-state index contributed by atoms with van der Waals surface area (Å²) in [5, 5.41) is 32.3. The maximum atomic E-state index is 12.6. The van der Waals surface area contributed by atoms with Gasteiger partial charge >= 0.3 is 5.82 Å². The summed E-state index contributed by atoms with van der Waals surface area (Å²) >= 11 is 0. The van der Waals surface area contributed by atoms with Crippen molar-refractivity contribution in [3.8, 4) is 17.5 Å². The van der Waals surface area contributed by atoms with Crippen molar-refractivity contribution in [3.05, 3.63) is 92.9 Å². The quantitative estimate of drug-likeness (QED) is 0.312. The van der Waals surface area contributed by atoms with Crippen molar-refractivity contribution in [2.45, 2.75) is 0 Å². The van der Waals surface area contributed by atoms with Crippen LogP contribution in [0.15, 0.2) is 60.8 Å². The summed E-state index contributed by atoms with van der Waals surface area (Å²) in [6.45, 7) is 0. The molecule has 3 aromatic rings. The van der Waals surface area contributed by atoms with Gasteiger partial charge < -0.3 is 5.21 Å². The number of nitro groups is 1. The summed E-state index contributed by atoms with van der Waals surface area (Å²) in [5.41, 5.74) is 1.98. The predicted octanol–water partition coefficient (Wildman–Crippen LogP) is 3.33. The zero-order valence-corrected chi connectivity index (χ0v) is 13.4. The maximum Gasteiger partial charge on any atom is 0.333 e. The van der Waals surface area contributed by atoms with Gasteiger partial charge in [0.2, 0.25) is 0 Å². The van der Waals surface area contributed by atoms with E-state index >= 15 is 0 Å². The Bertz CT molecular complexity index is 1040. The molecule has 0 N–H and O–H groups in total. The Hall–Kier alpha value is -4.05. The first-order valence-corrected chi connectivity index (χ1v) is 7.60. The van der Waals surface area contributed by atoms with Crippen LogP contribution in [0.2, 0.25) is 0 Å². The molecule has 0 radical (unpaired) electrons. The van der Waals surface area contributed by atoms with Crippen molar-refractivity contribution >= 4 is 17.8 Å². The van der Waals surface area contributed by atoms with Gasteiger partial charge in [0.05, 0.1) is 22.1 Å². The highest BCUT2D eigenvalue weighted by atomic mass is 16.6. The van der Waals surface area contributed by atoms with Gasteiger partial charge in [0.15, 0.2) is 0 Å². The molecule has 0 atom stereocenters. The number of nitrogens with zero attached hydrogens (tertiary/aromatic N) is 4. The largest absolute Gasteiger partial charge is 0.710 e. The van der Waals surface area contributed by atoms with Crippen molar-refractivity contribution in [2.24, 2.45) is 0 Å². The van der Waals surface area contributed by atoms with Gasteiger partial charge in [0.25, 0.3) is 5.69 Å². The minimum absolute atomic E-state index is 0.0793. The van der Waals surface area contributed by atoms with Gasteiger partial charge in [-0.15, -0.1) is 0 Å². The van der Waals surface area contributed by atoms with Crippen molar-refractivity contribution in [2.75, 3.05) is 0 Å². The van der Waals surface area contributed by atoms with Gasteiger partial charge in [-0.1, -0.05) is 24.3 Å². The second kappa shape index (κ2) is 7.23. The number of nitriles is 1. The SMILES string of the molecule is N#Cc1ccc(/C=C/c2ccnc(-c3cccc([N+](=O)[O-])c3)[n+]2[O-])cc1. The number of hydrogen-bond donors (Lipinski definition) is 0. The Labute approximate surface area is 148 Å². The van der Waals surface area contributed by atoms with E-state index in [9.17, 15) is 15.3 Å². The van der Waals surface area contributed by atoms with Crippen LogP contribution in [-0.4, -0.2) is 9.91 Å². The zero-order chi connectivity index (χ0) is 18.5. The number of hydrogen-bond acceptors (Lipinski definition) is 5. The van der Waals surface area contributed by atoms with E-state index < -0.39 is 4.92 Å². The lowest BCUT2D eigenvalue weighted by atomic mass is 10.1. The normalized spacial score (nSPS) is 10.6. The second-order valence-electron chi connectivity index (χ2n) is 5.36. The molecule has 0 saturated carbocycles. The van der Waals surface area contributed by atoms with Crippen LogP contribution in [0.3, 0.4) is 0 Å². The molecule has 0 saturated heterocycles. The van der Waals surface area contributed by atoms with Crippen LogP contribution < -0.4 is 4.73 Å². The van der Waals surface area contributed by atoms with E-state index in [-0.39, 0.29) is 11.5 Å². The maximum absolute atomic E-state index is 12.6. The first-order chi connectivity index (χ1) is 12.6. The number of aromatic nitrogens is 2. The Balaban J connectivity index is 1.94. The number of nitro benzene ring substituents is 1. The van der Waals surface area contributed by atoms with Gasteiger partial charge in [0, 0.05) is 18.2 Å². The molecule has 1 aromatic heterocycles. The lowest BCUT2D eigenvalue weighted by Crippen LogP contribution is -2.33. The number of non-ortho nitro benzene ring substituents is 1. The Morgan fingerprint density at radius 1 is 1.12 bits per heavy atom. The third-order valence-corrected chi connectivity index (χ3v) is 3.67. The van der Waals surface area contributed by atoms with E-state index in [0.717, 1.165) is 5.56 Å². The molecule has 126 valence electrons. The molecular formula is C19H12N4O3. The van der Waals surface area contributed by atoms with Crippen LogP contribution >= 0.6 is 0 Å². The molecule has 7 nitrogen and oxygen atoms in total. The molecule has 1 heterocycles. The number of rotatable bonds is 4. The molecule has 7 heteroatoms. The highest BCUT2D eigenvalue weighted by molar-refractivity contribution is 5.67. The van der Waals surface area contributed by atoms with E-state index in [1.54, 1.807) is 48.6 Å². The summed E-state index contributed by atoms with van der Waals surface area (Å²) in [6.07, 6.45) is 4.83. The summed E-state index contributed by atoms with van der Waals surface area (Å²) in [6, 6.07) is 16.3. The van der Waals surface area contributed by atoms with Crippen LogP contribution in [0.4, 0.5) is 5.69 Å². The predicted molar refractivity (Wildman–Crippen MR) is 95.4 cm³/mol. The monoisotopic (exact) mass is 344 g/mol. The van der Waals surface area contributed by atoms with E-state index in [2.05, 4.69) is 4.98 Å². The Morgan fingerprint density at radius 3 is 2.58 bits per heavy atom. The smallest absolute Gasteiger partial charge is 0.333 e. The fourth-order valence-corrected chi connectivity index (χ4v) is 2.35. The molecule has 0 unspecified atom stereocenters. The van der Waals surface area contributed by atoms with Crippen molar-refractivity contribution in [3.63, 3.8) is 0 Å². The summed E-state index contributed by atoms with van der Waals surface area (Å²) in [5.74, 6) is 0.0793. The Kier molecular flexibility index (Phi) is 4.67. The van der Waals surface area contributed by atoms with Gasteiger partial charge in [-0.25, -0.2) is 4.73 Å². The van der Waals surface area contributed by atoms with Gasteiger partial charge in [0.1, 0.15) is 11.9 Å². The van der Waals surface area contributed by atoms with Crippen molar-refractivity contribution in [1.29, 1.82) is 5.26 Å². The van der Waals surface area contributed by atoms with E-state index in [1.165, 1.54) is 24.4 Å². The topological polar surface area (TPSA) is 107 Å². The minimum atomic E-state index is -0.521. The van der Waals surface area contributed by atoms with Crippen LogP contribution in [0, 0.1) is 26.7 Å². The van der Waals surface area contributed by atoms with Crippen LogP contribution in [0.25, 0.3) is 23.5 Å². The molecule has 0 aliphatic heterocycles. The Morgan fingerprint density at radius 2 is 1.88 bits per heavy atom. The third-order valence-electron chi connectivity index (χ3n) is 3.67. The van der Waals surface area contributed by atoms with Gasteiger partial charge in [-0.05, 0) is 34.8 Å². The highest BCUT2D eigenvalue weighted by Gasteiger charge is 2.16. The molecule has 0 fully saturated rings. The summed E-state index contributed by atoms with van der Waals surface area (Å²) in [7, 11) is 0. The zero-order valence-electron chi connectivity index (χ0n) is 13.4. The van der Waals surface area contributed by atoms with Crippen LogP contribution in [0.5, 0.6) is 0 Å². The second-order valence-corrected chi connectivity index (χ2v) is 5.36. The molecule has 0 spiro atoms. The first kappa shape index (κ1) is 16.8. The molecule has 26 heavy (non-hydrogen) atoms.